The van der Waals surface area contributed by atoms with Crippen LogP contribution < -0.4 is 10.5 Å². The van der Waals surface area contributed by atoms with E-state index in [9.17, 15) is 0 Å². The van der Waals surface area contributed by atoms with Gasteiger partial charge in [-0.05, 0) is 58.1 Å². The maximum Gasteiger partial charge on any atom is 0.133 e. The molecule has 3 rings (SSSR count). The number of fused-ring (bicyclic) bond motifs is 1. The van der Waals surface area contributed by atoms with Gasteiger partial charge in [-0.15, -0.1) is 11.8 Å². The van der Waals surface area contributed by atoms with E-state index in [1.807, 2.05) is 17.8 Å². The van der Waals surface area contributed by atoms with Crippen LogP contribution in [0, 0.1) is 0 Å². The van der Waals surface area contributed by atoms with Crippen molar-refractivity contribution in [3.8, 4) is 5.75 Å². The Bertz CT molecular complexity index is 621. The quantitative estimate of drug-likeness (QED) is 0.889. The van der Waals surface area contributed by atoms with Crippen molar-refractivity contribution in [3.05, 3.63) is 58.1 Å². The van der Waals surface area contributed by atoms with E-state index in [4.69, 9.17) is 10.5 Å². The molecule has 0 radical (unpaired) electrons. The lowest BCUT2D eigenvalue weighted by Crippen LogP contribution is -2.34. The van der Waals surface area contributed by atoms with Crippen LogP contribution in [0.5, 0.6) is 5.75 Å². The lowest BCUT2D eigenvalue weighted by atomic mass is 9.99. The highest BCUT2D eigenvalue weighted by Crippen LogP contribution is 2.38. The van der Waals surface area contributed by atoms with E-state index >= 15 is 0 Å². The van der Waals surface area contributed by atoms with Gasteiger partial charge in [0.25, 0.3) is 0 Å². The van der Waals surface area contributed by atoms with Crippen molar-refractivity contribution >= 4 is 27.7 Å². The van der Waals surface area contributed by atoms with Gasteiger partial charge in [-0.1, -0.05) is 24.3 Å². The lowest BCUT2D eigenvalue weighted by molar-refractivity contribution is 0.412. The first-order valence-corrected chi connectivity index (χ1v) is 8.67. The van der Waals surface area contributed by atoms with E-state index in [-0.39, 0.29) is 6.04 Å². The summed E-state index contributed by atoms with van der Waals surface area (Å²) in [6.45, 7) is 0. The molecule has 110 valence electrons. The Labute approximate surface area is 138 Å². The maximum absolute atomic E-state index is 6.44. The third kappa shape index (κ3) is 3.28. The van der Waals surface area contributed by atoms with Crippen LogP contribution in [0.4, 0.5) is 0 Å². The van der Waals surface area contributed by atoms with Gasteiger partial charge in [-0.3, -0.25) is 0 Å². The second-order valence-electron chi connectivity index (χ2n) is 5.31. The van der Waals surface area contributed by atoms with Gasteiger partial charge in [-0.25, -0.2) is 0 Å². The fourth-order valence-corrected chi connectivity index (χ4v) is 4.60. The molecular weight excluding hydrogens is 346 g/mol. The molecule has 2 aromatic carbocycles. The Balaban J connectivity index is 1.68. The van der Waals surface area contributed by atoms with Gasteiger partial charge in [0.05, 0.1) is 11.6 Å². The summed E-state index contributed by atoms with van der Waals surface area (Å²) in [5.41, 5.74) is 9.12. The molecule has 1 aliphatic rings. The van der Waals surface area contributed by atoms with E-state index in [0.717, 1.165) is 23.1 Å². The highest BCUT2D eigenvalue weighted by atomic mass is 79.9. The molecule has 2 atom stereocenters. The number of hydrogen-bond acceptors (Lipinski definition) is 3. The van der Waals surface area contributed by atoms with Crippen molar-refractivity contribution in [1.82, 2.24) is 0 Å². The molecule has 0 aliphatic carbocycles. The average molecular weight is 364 g/mol. The third-order valence-corrected chi connectivity index (χ3v) is 5.93. The van der Waals surface area contributed by atoms with E-state index < -0.39 is 0 Å². The molecule has 0 fully saturated rings. The molecule has 21 heavy (non-hydrogen) atoms. The molecule has 0 spiro atoms. The molecule has 1 heterocycles. The SMILES string of the molecule is COc1ccc(CC(N)C2Cc3ccccc3S2)cc1Br. The first-order chi connectivity index (χ1) is 10.2. The van der Waals surface area contributed by atoms with Crippen molar-refractivity contribution in [2.75, 3.05) is 7.11 Å². The molecule has 2 aromatic rings. The number of rotatable bonds is 4. The van der Waals surface area contributed by atoms with E-state index in [0.29, 0.717) is 5.25 Å². The Morgan fingerprint density at radius 2 is 2.14 bits per heavy atom. The number of nitrogens with two attached hydrogens (primary N) is 1. The second kappa shape index (κ2) is 6.42. The summed E-state index contributed by atoms with van der Waals surface area (Å²) in [5.74, 6) is 0.856. The van der Waals surface area contributed by atoms with E-state index in [2.05, 4.69) is 52.3 Å². The summed E-state index contributed by atoms with van der Waals surface area (Å²) in [5, 5.41) is 0.461. The standard InChI is InChI=1S/C17H18BrNOS/c1-20-15-7-6-11(8-13(15)18)9-14(19)17-10-12-4-2-3-5-16(12)21-17/h2-8,14,17H,9-10,19H2,1H3. The van der Waals surface area contributed by atoms with Gasteiger partial charge in [0, 0.05) is 16.2 Å². The molecule has 0 aromatic heterocycles. The molecule has 4 heteroatoms. The van der Waals surface area contributed by atoms with E-state index in [1.54, 1.807) is 7.11 Å². The number of thioether (sulfide) groups is 1. The van der Waals surface area contributed by atoms with Crippen molar-refractivity contribution in [2.24, 2.45) is 5.73 Å². The number of benzene rings is 2. The average Bonchev–Trinajstić information content (AvgIpc) is 2.91. The van der Waals surface area contributed by atoms with Gasteiger partial charge in [0.1, 0.15) is 5.75 Å². The van der Waals surface area contributed by atoms with Crippen LogP contribution in [0.1, 0.15) is 11.1 Å². The first-order valence-electron chi connectivity index (χ1n) is 7.00. The van der Waals surface area contributed by atoms with Crippen LogP contribution in [0.2, 0.25) is 0 Å². The number of methoxy groups -OCH3 is 1. The van der Waals surface area contributed by atoms with Crippen molar-refractivity contribution in [2.45, 2.75) is 29.0 Å². The highest BCUT2D eigenvalue weighted by Gasteiger charge is 2.27. The molecule has 0 saturated carbocycles. The zero-order valence-corrected chi connectivity index (χ0v) is 14.3. The molecule has 2 N–H and O–H groups in total. The third-order valence-electron chi connectivity index (χ3n) is 3.84. The molecule has 1 aliphatic heterocycles. The minimum absolute atomic E-state index is 0.155. The summed E-state index contributed by atoms with van der Waals surface area (Å²) in [6, 6.07) is 14.9. The molecular formula is C17H18BrNOS. The van der Waals surface area contributed by atoms with Gasteiger partial charge < -0.3 is 10.5 Å². The first kappa shape index (κ1) is 14.9. The fraction of sp³-hybridized carbons (Fsp3) is 0.294. The van der Waals surface area contributed by atoms with Gasteiger partial charge in [-0.2, -0.15) is 0 Å². The zero-order valence-electron chi connectivity index (χ0n) is 11.9. The molecule has 0 amide bonds. The van der Waals surface area contributed by atoms with Gasteiger partial charge in [0.15, 0.2) is 0 Å². The summed E-state index contributed by atoms with van der Waals surface area (Å²) >= 11 is 5.45. The van der Waals surface area contributed by atoms with Crippen LogP contribution >= 0.6 is 27.7 Å². The van der Waals surface area contributed by atoms with Crippen molar-refractivity contribution in [3.63, 3.8) is 0 Å². The Hall–Kier alpha value is -0.970. The summed E-state index contributed by atoms with van der Waals surface area (Å²) < 4.78 is 6.25. The zero-order chi connectivity index (χ0) is 14.8. The predicted octanol–water partition coefficient (Wildman–Crippen LogP) is 4.04. The second-order valence-corrected chi connectivity index (χ2v) is 7.44. The minimum atomic E-state index is 0.155. The predicted molar refractivity (Wildman–Crippen MR) is 92.2 cm³/mol. The van der Waals surface area contributed by atoms with Gasteiger partial charge in [0.2, 0.25) is 0 Å². The summed E-state index contributed by atoms with van der Waals surface area (Å²) in [7, 11) is 1.68. The Morgan fingerprint density at radius 1 is 1.33 bits per heavy atom. The van der Waals surface area contributed by atoms with E-state index in [1.165, 1.54) is 16.0 Å². The lowest BCUT2D eigenvalue weighted by Gasteiger charge is -2.18. The number of halogens is 1. The smallest absolute Gasteiger partial charge is 0.133 e. The Kier molecular flexibility index (Phi) is 4.57. The van der Waals surface area contributed by atoms with Crippen LogP contribution in [0.15, 0.2) is 51.8 Å². The monoisotopic (exact) mass is 363 g/mol. The maximum atomic E-state index is 6.44. The number of hydrogen-bond donors (Lipinski definition) is 1. The normalized spacial score (nSPS) is 18.3. The summed E-state index contributed by atoms with van der Waals surface area (Å²) in [4.78, 5) is 1.38. The molecule has 2 unspecified atom stereocenters. The largest absolute Gasteiger partial charge is 0.496 e. The minimum Gasteiger partial charge on any atom is -0.496 e. The van der Waals surface area contributed by atoms with Crippen molar-refractivity contribution < 1.29 is 4.74 Å². The van der Waals surface area contributed by atoms with Crippen LogP contribution in [0.25, 0.3) is 0 Å². The summed E-state index contributed by atoms with van der Waals surface area (Å²) in [6.07, 6.45) is 1.95. The van der Waals surface area contributed by atoms with Crippen molar-refractivity contribution in [1.29, 1.82) is 0 Å². The van der Waals surface area contributed by atoms with Crippen LogP contribution in [-0.4, -0.2) is 18.4 Å². The highest BCUT2D eigenvalue weighted by molar-refractivity contribution is 9.10. The van der Waals surface area contributed by atoms with Crippen LogP contribution in [-0.2, 0) is 12.8 Å². The van der Waals surface area contributed by atoms with Crippen LogP contribution in [0.3, 0.4) is 0 Å². The Morgan fingerprint density at radius 3 is 2.86 bits per heavy atom. The molecule has 0 saturated heterocycles. The fourth-order valence-electron chi connectivity index (χ4n) is 2.69. The van der Waals surface area contributed by atoms with Gasteiger partial charge >= 0.3 is 0 Å². The molecule has 2 nitrogen and oxygen atoms in total. The molecule has 0 bridgehead atoms. The topological polar surface area (TPSA) is 35.2 Å². The number of ether oxygens (including phenoxy) is 1.